The zero-order chi connectivity index (χ0) is 32.1. The van der Waals surface area contributed by atoms with Gasteiger partial charge in [-0.1, -0.05) is 152 Å². The van der Waals surface area contributed by atoms with Crippen LogP contribution in [0.5, 0.6) is 5.75 Å². The summed E-state index contributed by atoms with van der Waals surface area (Å²) in [4.78, 5) is 0. The molecule has 2 aliphatic rings. The molecule has 0 aromatic heterocycles. The van der Waals surface area contributed by atoms with Crippen molar-refractivity contribution in [2.45, 2.75) is 6.23 Å². The lowest BCUT2D eigenvalue weighted by molar-refractivity contribution is 0.263. The van der Waals surface area contributed by atoms with Crippen molar-refractivity contribution < 1.29 is 4.74 Å². The van der Waals surface area contributed by atoms with E-state index >= 15 is 0 Å². The van der Waals surface area contributed by atoms with Gasteiger partial charge in [0.25, 0.3) is 0 Å². The zero-order valence-corrected chi connectivity index (χ0v) is 26.6. The molecule has 9 aromatic rings. The Morgan fingerprint density at radius 3 is 1.82 bits per heavy atom. The summed E-state index contributed by atoms with van der Waals surface area (Å²) in [7, 11) is 0. The highest BCUT2D eigenvalue weighted by Gasteiger charge is 2.26. The molecule has 9 aromatic carbocycles. The first kappa shape index (κ1) is 26.7. The predicted molar refractivity (Wildman–Crippen MR) is 205 cm³/mol. The zero-order valence-electron chi connectivity index (χ0n) is 26.6. The molecule has 0 saturated heterocycles. The van der Waals surface area contributed by atoms with E-state index in [0.29, 0.717) is 0 Å². The molecule has 1 aliphatic heterocycles. The Balaban J connectivity index is 1.08. The van der Waals surface area contributed by atoms with Crippen LogP contribution in [0.15, 0.2) is 164 Å². The maximum atomic E-state index is 6.66. The van der Waals surface area contributed by atoms with E-state index in [-0.39, 0.29) is 6.23 Å². The molecular weight excluding hydrogens is 595 g/mol. The minimum absolute atomic E-state index is 0.211. The molecule has 1 atom stereocenters. The van der Waals surface area contributed by atoms with Gasteiger partial charge in [-0.15, -0.1) is 0 Å². The van der Waals surface area contributed by atoms with Crippen molar-refractivity contribution in [3.63, 3.8) is 0 Å². The first-order valence-electron chi connectivity index (χ1n) is 17.0. The third kappa shape index (κ3) is 3.83. The van der Waals surface area contributed by atoms with Crippen LogP contribution in [0.2, 0.25) is 0 Å². The minimum Gasteiger partial charge on any atom is -0.464 e. The Morgan fingerprint density at radius 2 is 0.980 bits per heavy atom. The standard InChI is InChI=1S/C47H29NO/c1-2-9-30(10-3-1)47-48-43-26-23-29-21-19-28-20-22-31(27-42(28)44(29)46(43)49-47)32-13-6-15-34-33(32)14-7-16-35(34)38-24-25-41-37-12-5-4-11-36(37)39-17-8-18-40(38)45(39)41/h1-27,47-48H. The fourth-order valence-electron chi connectivity index (χ4n) is 8.42. The molecule has 0 amide bonds. The van der Waals surface area contributed by atoms with Gasteiger partial charge in [-0.25, -0.2) is 0 Å². The average Bonchev–Trinajstić information content (AvgIpc) is 3.75. The Kier molecular flexibility index (Phi) is 5.47. The van der Waals surface area contributed by atoms with Crippen molar-refractivity contribution in [1.82, 2.24) is 0 Å². The maximum absolute atomic E-state index is 6.66. The average molecular weight is 624 g/mol. The lowest BCUT2D eigenvalue weighted by Gasteiger charge is -2.15. The number of rotatable bonds is 3. The van der Waals surface area contributed by atoms with Crippen molar-refractivity contribution in [2.24, 2.45) is 0 Å². The topological polar surface area (TPSA) is 21.3 Å². The Hall–Kier alpha value is -6.38. The third-order valence-corrected chi connectivity index (χ3v) is 10.7. The van der Waals surface area contributed by atoms with Gasteiger partial charge in [-0.3, -0.25) is 0 Å². The molecule has 0 fully saturated rings. The van der Waals surface area contributed by atoms with E-state index in [1.807, 2.05) is 6.07 Å². The Bertz CT molecular complexity index is 2800. The van der Waals surface area contributed by atoms with E-state index in [2.05, 4.69) is 163 Å². The summed E-state index contributed by atoms with van der Waals surface area (Å²) in [5.41, 5.74) is 12.4. The molecule has 1 unspecified atom stereocenters. The smallest absolute Gasteiger partial charge is 0.196 e. The van der Waals surface area contributed by atoms with Crippen LogP contribution in [0.4, 0.5) is 5.69 Å². The van der Waals surface area contributed by atoms with E-state index < -0.39 is 0 Å². The number of nitrogens with one attached hydrogen (secondary N) is 1. The normalized spacial score (nSPS) is 14.2. The fourth-order valence-corrected chi connectivity index (χ4v) is 8.42. The predicted octanol–water partition coefficient (Wildman–Crippen LogP) is 12.8. The van der Waals surface area contributed by atoms with E-state index in [1.54, 1.807) is 0 Å². The van der Waals surface area contributed by atoms with Gasteiger partial charge in [0.1, 0.15) is 0 Å². The second-order valence-corrected chi connectivity index (χ2v) is 13.2. The fraction of sp³-hybridized carbons (Fsp3) is 0.0213. The first-order valence-corrected chi connectivity index (χ1v) is 17.0. The minimum atomic E-state index is -0.211. The van der Waals surface area contributed by atoms with Crippen LogP contribution in [0, 0.1) is 0 Å². The number of hydrogen-bond acceptors (Lipinski definition) is 2. The van der Waals surface area contributed by atoms with Gasteiger partial charge >= 0.3 is 0 Å². The molecule has 49 heavy (non-hydrogen) atoms. The van der Waals surface area contributed by atoms with Gasteiger partial charge in [0.05, 0.1) is 5.69 Å². The van der Waals surface area contributed by atoms with Crippen molar-refractivity contribution in [2.75, 3.05) is 5.32 Å². The summed E-state index contributed by atoms with van der Waals surface area (Å²) in [6.45, 7) is 0. The third-order valence-electron chi connectivity index (χ3n) is 10.7. The molecule has 2 nitrogen and oxygen atoms in total. The van der Waals surface area contributed by atoms with Crippen LogP contribution in [-0.2, 0) is 0 Å². The molecule has 0 saturated carbocycles. The van der Waals surface area contributed by atoms with E-state index in [9.17, 15) is 0 Å². The summed E-state index contributed by atoms with van der Waals surface area (Å²) in [5.74, 6) is 0.920. The number of fused-ring (bicyclic) bond motifs is 9. The van der Waals surface area contributed by atoms with Crippen LogP contribution in [0.3, 0.4) is 0 Å². The largest absolute Gasteiger partial charge is 0.464 e. The molecule has 228 valence electrons. The van der Waals surface area contributed by atoms with Gasteiger partial charge < -0.3 is 10.1 Å². The highest BCUT2D eigenvalue weighted by atomic mass is 16.5. The van der Waals surface area contributed by atoms with Gasteiger partial charge in [0.15, 0.2) is 12.0 Å². The highest BCUT2D eigenvalue weighted by molar-refractivity contribution is 6.20. The summed E-state index contributed by atoms with van der Waals surface area (Å²) < 4.78 is 6.66. The number of anilines is 1. The summed E-state index contributed by atoms with van der Waals surface area (Å²) in [5, 5.41) is 13.5. The van der Waals surface area contributed by atoms with Gasteiger partial charge in [0.2, 0.25) is 0 Å². The number of ether oxygens (including phenoxy) is 1. The SMILES string of the molecule is c1ccc(C2Nc3ccc4ccc5ccc(-c6cccc7c(-c8ccc9c%10c(cccc8%10)-c8ccccc8-9)cccc67)cc5c4c3O2)cc1. The van der Waals surface area contributed by atoms with Gasteiger partial charge in [-0.05, 0) is 94.3 Å². The van der Waals surface area contributed by atoms with Crippen molar-refractivity contribution in [3.8, 4) is 50.3 Å². The molecule has 0 bridgehead atoms. The summed E-state index contributed by atoms with van der Waals surface area (Å²) >= 11 is 0. The molecule has 1 heterocycles. The quantitative estimate of drug-likeness (QED) is 0.198. The van der Waals surface area contributed by atoms with E-state index in [4.69, 9.17) is 4.74 Å². The Labute approximate surface area is 283 Å². The summed E-state index contributed by atoms with van der Waals surface area (Å²) in [6.07, 6.45) is -0.211. The van der Waals surface area contributed by atoms with Crippen LogP contribution in [0.1, 0.15) is 11.8 Å². The lowest BCUT2D eigenvalue weighted by atomic mass is 9.89. The molecule has 0 spiro atoms. The second-order valence-electron chi connectivity index (χ2n) is 13.2. The molecule has 1 N–H and O–H groups in total. The van der Waals surface area contributed by atoms with Crippen LogP contribution >= 0.6 is 0 Å². The van der Waals surface area contributed by atoms with Crippen LogP contribution in [0.25, 0.3) is 87.6 Å². The molecule has 2 heteroatoms. The molecule has 11 rings (SSSR count). The highest BCUT2D eigenvalue weighted by Crippen LogP contribution is 2.50. The van der Waals surface area contributed by atoms with Crippen LogP contribution < -0.4 is 10.1 Å². The lowest BCUT2D eigenvalue weighted by Crippen LogP contribution is -2.09. The monoisotopic (exact) mass is 623 g/mol. The van der Waals surface area contributed by atoms with Gasteiger partial charge in [-0.2, -0.15) is 0 Å². The van der Waals surface area contributed by atoms with Crippen molar-refractivity contribution >= 4 is 48.8 Å². The van der Waals surface area contributed by atoms with E-state index in [1.165, 1.54) is 82.2 Å². The first-order chi connectivity index (χ1) is 24.3. The Morgan fingerprint density at radius 1 is 0.388 bits per heavy atom. The van der Waals surface area contributed by atoms with Crippen molar-refractivity contribution in [1.29, 1.82) is 0 Å². The molecule has 1 aliphatic carbocycles. The van der Waals surface area contributed by atoms with Crippen molar-refractivity contribution in [3.05, 3.63) is 169 Å². The summed E-state index contributed by atoms with van der Waals surface area (Å²) in [6, 6.07) is 59.7. The van der Waals surface area contributed by atoms with E-state index in [0.717, 1.165) is 22.4 Å². The number of hydrogen-bond donors (Lipinski definition) is 1. The molecular formula is C47H29NO. The second kappa shape index (κ2) is 10.1. The van der Waals surface area contributed by atoms with Crippen LogP contribution in [-0.4, -0.2) is 0 Å². The number of benzene rings is 9. The van der Waals surface area contributed by atoms with Gasteiger partial charge in [0, 0.05) is 10.9 Å². The molecule has 0 radical (unpaired) electrons. The maximum Gasteiger partial charge on any atom is 0.196 e.